The van der Waals surface area contributed by atoms with Gasteiger partial charge in [-0.1, -0.05) is 48.5 Å². The Bertz CT molecular complexity index is 529. The first-order valence-electron chi connectivity index (χ1n) is 5.83. The van der Waals surface area contributed by atoms with Crippen molar-refractivity contribution < 1.29 is 13.5 Å². The molecule has 0 N–H and O–H groups in total. The highest BCUT2D eigenvalue weighted by Crippen LogP contribution is 2.29. The lowest BCUT2D eigenvalue weighted by Crippen LogP contribution is -2.23. The zero-order chi connectivity index (χ0) is 13.7. The summed E-state index contributed by atoms with van der Waals surface area (Å²) in [6, 6.07) is 14.5. The molecule has 19 heavy (non-hydrogen) atoms. The monoisotopic (exact) mass is 282 g/mol. The van der Waals surface area contributed by atoms with Gasteiger partial charge in [-0.15, -0.1) is 11.6 Å². The summed E-state index contributed by atoms with van der Waals surface area (Å²) in [5.74, 6) is -2.40. The molecule has 0 aromatic heterocycles. The summed E-state index contributed by atoms with van der Waals surface area (Å²) in [6.07, 6.45) is 0. The topological polar surface area (TPSA) is 9.23 Å². The molecule has 2 aromatic carbocycles. The van der Waals surface area contributed by atoms with Crippen LogP contribution in [-0.4, -0.2) is 6.61 Å². The highest BCUT2D eigenvalue weighted by molar-refractivity contribution is 6.17. The van der Waals surface area contributed by atoms with Gasteiger partial charge in [-0.3, -0.25) is 0 Å². The lowest BCUT2D eigenvalue weighted by Gasteiger charge is -2.18. The number of hydrogen-bond donors (Lipinski definition) is 0. The smallest absolute Gasteiger partial charge is 0.306 e. The zero-order valence-electron chi connectivity index (χ0n) is 10.2. The third-order valence-corrected chi connectivity index (χ3v) is 3.01. The van der Waals surface area contributed by atoms with Gasteiger partial charge in [0, 0.05) is 11.1 Å². The van der Waals surface area contributed by atoms with Crippen LogP contribution in [0.5, 0.6) is 5.75 Å². The standard InChI is InChI=1S/C15H13ClF2O/c16-10-12-6-4-5-9-14(12)19-11-15(17,18)13-7-2-1-3-8-13/h1-9H,10-11H2. The molecule has 2 rings (SSSR count). The number of ether oxygens (including phenoxy) is 1. The molecular weight excluding hydrogens is 270 g/mol. The van der Waals surface area contributed by atoms with E-state index in [0.717, 1.165) is 0 Å². The molecule has 0 heterocycles. The fraction of sp³-hybridized carbons (Fsp3) is 0.200. The molecule has 0 aliphatic rings. The first-order chi connectivity index (χ1) is 9.13. The molecule has 0 aliphatic heterocycles. The summed E-state index contributed by atoms with van der Waals surface area (Å²) in [7, 11) is 0. The van der Waals surface area contributed by atoms with Crippen molar-refractivity contribution in [2.24, 2.45) is 0 Å². The van der Waals surface area contributed by atoms with Crippen molar-refractivity contribution in [2.45, 2.75) is 11.8 Å². The van der Waals surface area contributed by atoms with E-state index in [4.69, 9.17) is 16.3 Å². The summed E-state index contributed by atoms with van der Waals surface area (Å²) in [6.45, 7) is -0.703. The van der Waals surface area contributed by atoms with Crippen molar-refractivity contribution in [3.8, 4) is 5.75 Å². The maximum Gasteiger partial charge on any atom is 0.306 e. The maximum atomic E-state index is 13.9. The molecule has 0 unspecified atom stereocenters. The zero-order valence-corrected chi connectivity index (χ0v) is 10.9. The van der Waals surface area contributed by atoms with Crippen LogP contribution in [0.15, 0.2) is 54.6 Å². The van der Waals surface area contributed by atoms with Gasteiger partial charge >= 0.3 is 5.92 Å². The van der Waals surface area contributed by atoms with Gasteiger partial charge in [0.15, 0.2) is 6.61 Å². The molecule has 4 heteroatoms. The van der Waals surface area contributed by atoms with Gasteiger partial charge in [0.25, 0.3) is 0 Å². The van der Waals surface area contributed by atoms with Crippen LogP contribution >= 0.6 is 11.6 Å². The molecule has 0 fully saturated rings. The first kappa shape index (κ1) is 13.8. The summed E-state index contributed by atoms with van der Waals surface area (Å²) in [5, 5.41) is 0. The van der Waals surface area contributed by atoms with Gasteiger partial charge in [-0.2, -0.15) is 8.78 Å². The van der Waals surface area contributed by atoms with Crippen molar-refractivity contribution in [1.82, 2.24) is 0 Å². The Balaban J connectivity index is 2.10. The molecular formula is C15H13ClF2O. The minimum atomic E-state index is -3.03. The lowest BCUT2D eigenvalue weighted by molar-refractivity contribution is -0.0468. The van der Waals surface area contributed by atoms with Crippen LogP contribution in [0.2, 0.25) is 0 Å². The third kappa shape index (κ3) is 3.44. The predicted molar refractivity (Wildman–Crippen MR) is 71.8 cm³/mol. The second-order valence-corrected chi connectivity index (χ2v) is 4.37. The molecule has 2 aromatic rings. The number of rotatable bonds is 5. The highest BCUT2D eigenvalue weighted by atomic mass is 35.5. The van der Waals surface area contributed by atoms with Crippen molar-refractivity contribution >= 4 is 11.6 Å². The van der Waals surface area contributed by atoms with Gasteiger partial charge in [0.1, 0.15) is 5.75 Å². The quantitative estimate of drug-likeness (QED) is 0.729. The van der Waals surface area contributed by atoms with E-state index in [0.29, 0.717) is 11.3 Å². The SMILES string of the molecule is FC(F)(COc1ccccc1CCl)c1ccccc1. The van der Waals surface area contributed by atoms with Crippen LogP contribution in [0.4, 0.5) is 8.78 Å². The molecule has 0 bridgehead atoms. The van der Waals surface area contributed by atoms with E-state index >= 15 is 0 Å². The van der Waals surface area contributed by atoms with Gasteiger partial charge in [-0.05, 0) is 6.07 Å². The highest BCUT2D eigenvalue weighted by Gasteiger charge is 2.32. The van der Waals surface area contributed by atoms with Gasteiger partial charge in [0.05, 0.1) is 5.88 Å². The van der Waals surface area contributed by atoms with Crippen molar-refractivity contribution in [3.05, 3.63) is 65.7 Å². The Labute approximate surface area is 115 Å². The van der Waals surface area contributed by atoms with Crippen LogP contribution in [-0.2, 0) is 11.8 Å². The van der Waals surface area contributed by atoms with Crippen LogP contribution < -0.4 is 4.74 Å². The maximum absolute atomic E-state index is 13.9. The Morgan fingerprint density at radius 3 is 2.26 bits per heavy atom. The van der Waals surface area contributed by atoms with Crippen molar-refractivity contribution in [3.63, 3.8) is 0 Å². The number of benzene rings is 2. The fourth-order valence-electron chi connectivity index (χ4n) is 1.69. The van der Waals surface area contributed by atoms with E-state index < -0.39 is 12.5 Å². The van der Waals surface area contributed by atoms with Crippen molar-refractivity contribution in [1.29, 1.82) is 0 Å². The molecule has 0 atom stereocenters. The average molecular weight is 283 g/mol. The Kier molecular flexibility index (Phi) is 4.38. The number of hydrogen-bond acceptors (Lipinski definition) is 1. The molecule has 0 saturated heterocycles. The number of alkyl halides is 3. The molecule has 0 aliphatic carbocycles. The van der Waals surface area contributed by atoms with Crippen LogP contribution in [0, 0.1) is 0 Å². The number of halogens is 3. The fourth-order valence-corrected chi connectivity index (χ4v) is 1.91. The molecule has 1 nitrogen and oxygen atoms in total. The largest absolute Gasteiger partial charge is 0.487 e. The Hall–Kier alpha value is -1.61. The molecule has 100 valence electrons. The van der Waals surface area contributed by atoms with E-state index in [-0.39, 0.29) is 11.4 Å². The van der Waals surface area contributed by atoms with Crippen LogP contribution in [0.1, 0.15) is 11.1 Å². The molecule has 0 saturated carbocycles. The normalized spacial score (nSPS) is 11.3. The summed E-state index contributed by atoms with van der Waals surface area (Å²) in [4.78, 5) is 0. The second-order valence-electron chi connectivity index (χ2n) is 4.10. The van der Waals surface area contributed by atoms with Gasteiger partial charge < -0.3 is 4.74 Å². The van der Waals surface area contributed by atoms with Crippen molar-refractivity contribution in [2.75, 3.05) is 6.61 Å². The number of para-hydroxylation sites is 1. The van der Waals surface area contributed by atoms with E-state index in [1.807, 2.05) is 0 Å². The summed E-state index contributed by atoms with van der Waals surface area (Å²) in [5.41, 5.74) is 0.645. The molecule has 0 spiro atoms. The first-order valence-corrected chi connectivity index (χ1v) is 6.37. The lowest BCUT2D eigenvalue weighted by atomic mass is 10.1. The Morgan fingerprint density at radius 2 is 1.58 bits per heavy atom. The van der Waals surface area contributed by atoms with Gasteiger partial charge in [-0.25, -0.2) is 0 Å². The van der Waals surface area contributed by atoms with Crippen LogP contribution in [0.3, 0.4) is 0 Å². The van der Waals surface area contributed by atoms with E-state index in [1.165, 1.54) is 12.1 Å². The Morgan fingerprint density at radius 1 is 0.947 bits per heavy atom. The minimum absolute atomic E-state index is 0.0571. The summed E-state index contributed by atoms with van der Waals surface area (Å²) < 4.78 is 33.1. The van der Waals surface area contributed by atoms with E-state index in [9.17, 15) is 8.78 Å². The minimum Gasteiger partial charge on any atom is -0.487 e. The third-order valence-electron chi connectivity index (χ3n) is 2.72. The van der Waals surface area contributed by atoms with Crippen LogP contribution in [0.25, 0.3) is 0 Å². The predicted octanol–water partition coefficient (Wildman–Crippen LogP) is 4.60. The second kappa shape index (κ2) is 6.02. The van der Waals surface area contributed by atoms with Gasteiger partial charge in [0.2, 0.25) is 0 Å². The van der Waals surface area contributed by atoms with E-state index in [2.05, 4.69) is 0 Å². The molecule has 0 amide bonds. The molecule has 0 radical (unpaired) electrons. The van der Waals surface area contributed by atoms with E-state index in [1.54, 1.807) is 42.5 Å². The summed E-state index contributed by atoms with van der Waals surface area (Å²) >= 11 is 5.73. The average Bonchev–Trinajstić information content (AvgIpc) is 2.46.